The topological polar surface area (TPSA) is 122 Å². The Morgan fingerprint density at radius 3 is 1.66 bits per heavy atom. The van der Waals surface area contributed by atoms with Crippen molar-refractivity contribution in [1.29, 1.82) is 0 Å². The molecular formula is C54H56Cl2N6O6. The number of ether oxygens (including phenoxy) is 3. The van der Waals surface area contributed by atoms with Crippen LogP contribution in [0.3, 0.4) is 0 Å². The Morgan fingerprint density at radius 1 is 0.647 bits per heavy atom. The van der Waals surface area contributed by atoms with Crippen molar-refractivity contribution in [2.75, 3.05) is 88.6 Å². The number of nitrogens with one attached hydrogen (secondary N) is 1. The number of aliphatic hydroxyl groups is 3. The second-order valence-corrected chi connectivity index (χ2v) is 17.1. The molecule has 0 radical (unpaired) electrons. The van der Waals surface area contributed by atoms with Crippen LogP contribution in [0.25, 0.3) is 9.69 Å². The summed E-state index contributed by atoms with van der Waals surface area (Å²) in [7, 11) is 0. The van der Waals surface area contributed by atoms with E-state index in [4.69, 9.17) is 60.8 Å². The molecule has 3 heterocycles. The maximum Gasteiger partial charge on any atom is 0.187 e. The van der Waals surface area contributed by atoms with Crippen LogP contribution in [0.15, 0.2) is 146 Å². The van der Waals surface area contributed by atoms with Crippen LogP contribution in [0, 0.1) is 13.1 Å². The highest BCUT2D eigenvalue weighted by Crippen LogP contribution is 2.39. The fourth-order valence-corrected chi connectivity index (χ4v) is 8.85. The van der Waals surface area contributed by atoms with E-state index in [0.29, 0.717) is 45.6 Å². The lowest BCUT2D eigenvalue weighted by Gasteiger charge is -2.44. The molecule has 3 saturated heterocycles. The number of epoxide rings is 1. The predicted octanol–water partition coefficient (Wildman–Crippen LogP) is 10.0. The first kappa shape index (κ1) is 49.7. The van der Waals surface area contributed by atoms with Crippen LogP contribution in [0.1, 0.15) is 46.5 Å². The van der Waals surface area contributed by atoms with Gasteiger partial charge in [-0.1, -0.05) is 132 Å². The maximum absolute atomic E-state index is 10.8. The minimum absolute atomic E-state index is 0.00670. The smallest absolute Gasteiger partial charge is 0.187 e. The largest absolute Gasteiger partial charge is 0.491 e. The molecule has 14 heteroatoms. The first-order chi connectivity index (χ1) is 33.3. The Hall–Kier alpha value is -6.16. The van der Waals surface area contributed by atoms with Gasteiger partial charge in [0.05, 0.1) is 72.6 Å². The zero-order chi connectivity index (χ0) is 47.7. The Balaban J connectivity index is 0.000000172. The third kappa shape index (κ3) is 13.7. The average Bonchev–Trinajstić information content (AvgIpc) is 4.25. The zero-order valence-electron chi connectivity index (χ0n) is 37.7. The normalized spacial score (nSPS) is 18.1. The molecule has 3 fully saturated rings. The molecule has 352 valence electrons. The van der Waals surface area contributed by atoms with E-state index in [1.807, 2.05) is 91.0 Å². The van der Waals surface area contributed by atoms with Crippen LogP contribution < -0.4 is 24.6 Å². The van der Waals surface area contributed by atoms with Gasteiger partial charge in [-0.2, -0.15) is 0 Å². The van der Waals surface area contributed by atoms with Gasteiger partial charge in [0.1, 0.15) is 30.8 Å². The van der Waals surface area contributed by atoms with Crippen molar-refractivity contribution in [3.8, 4) is 11.5 Å². The summed E-state index contributed by atoms with van der Waals surface area (Å²) in [5, 5.41) is 33.4. The molecule has 3 aliphatic rings. The van der Waals surface area contributed by atoms with E-state index in [9.17, 15) is 5.11 Å². The van der Waals surface area contributed by atoms with Gasteiger partial charge in [0.2, 0.25) is 0 Å². The molecule has 4 atom stereocenters. The first-order valence-electron chi connectivity index (χ1n) is 22.7. The number of piperazine rings is 2. The Morgan fingerprint density at radius 2 is 1.16 bits per heavy atom. The van der Waals surface area contributed by atoms with Gasteiger partial charge in [0.25, 0.3) is 0 Å². The molecule has 12 nitrogen and oxygen atoms in total. The minimum Gasteiger partial charge on any atom is -0.491 e. The van der Waals surface area contributed by atoms with E-state index < -0.39 is 6.10 Å². The van der Waals surface area contributed by atoms with Gasteiger partial charge in [0.15, 0.2) is 11.4 Å². The van der Waals surface area contributed by atoms with Crippen molar-refractivity contribution in [3.05, 3.63) is 201 Å². The lowest BCUT2D eigenvalue weighted by Crippen LogP contribution is -2.49. The monoisotopic (exact) mass is 954 g/mol. The molecule has 0 unspecified atom stereocenters. The third-order valence-electron chi connectivity index (χ3n) is 11.8. The van der Waals surface area contributed by atoms with E-state index in [1.165, 1.54) is 16.7 Å². The Bertz CT molecular complexity index is 2580. The standard InChI is InChI=1S/C27H28ClN3O3.C18H21ClN2O2.C9H7NO/c1-29-22-9-7-21(8-10-22)27(33)19-30-13-14-31(26(18-30)20-5-3-2-4-6-20)25-12-11-23(17-24(25)28)34-16-15-32;19-16-12-15(23-11-10-22)6-7-17(16)21-9-8-20-13-18(21)14-4-2-1-3-5-14;1-10-8-4-2-7(3-5-8)9-6-11-9/h2-12,17,26-27,32-33H,13-16,18-19H2;1-7,12,18,20,22H,8-11,13H2;2-5,9H,6H2/t26-,27+;18-;9-/m001/s1. The van der Waals surface area contributed by atoms with Gasteiger partial charge in [-0.15, -0.1) is 0 Å². The Kier molecular flexibility index (Phi) is 18.5. The highest BCUT2D eigenvalue weighted by atomic mass is 35.5. The lowest BCUT2D eigenvalue weighted by atomic mass is 10.00. The van der Waals surface area contributed by atoms with Gasteiger partial charge >= 0.3 is 0 Å². The summed E-state index contributed by atoms with van der Waals surface area (Å²) in [6, 6.07) is 47.1. The molecule has 0 aliphatic carbocycles. The number of anilines is 2. The van der Waals surface area contributed by atoms with Gasteiger partial charge in [-0.05, 0) is 46.5 Å². The van der Waals surface area contributed by atoms with Crippen LogP contribution in [0.2, 0.25) is 10.0 Å². The lowest BCUT2D eigenvalue weighted by molar-refractivity contribution is 0.100. The highest BCUT2D eigenvalue weighted by molar-refractivity contribution is 6.33. The molecule has 9 rings (SSSR count). The molecule has 0 spiro atoms. The summed E-state index contributed by atoms with van der Waals surface area (Å²) in [6.45, 7) is 20.6. The number of β-amino-alcohol motifs (C(OH)–C–C–N with tert-alkyl or cyclic N) is 1. The van der Waals surface area contributed by atoms with Crippen LogP contribution in [0.5, 0.6) is 11.5 Å². The summed E-state index contributed by atoms with van der Waals surface area (Å²) >= 11 is 13.2. The van der Waals surface area contributed by atoms with Crippen molar-refractivity contribution in [1.82, 2.24) is 10.2 Å². The molecule has 0 saturated carbocycles. The van der Waals surface area contributed by atoms with E-state index in [-0.39, 0.29) is 38.5 Å². The van der Waals surface area contributed by atoms with Crippen molar-refractivity contribution in [2.24, 2.45) is 0 Å². The fourth-order valence-electron chi connectivity index (χ4n) is 8.29. The minimum atomic E-state index is -0.630. The number of aliphatic hydroxyl groups excluding tert-OH is 3. The van der Waals surface area contributed by atoms with Crippen LogP contribution in [-0.4, -0.2) is 99.1 Å². The molecule has 3 aliphatic heterocycles. The maximum atomic E-state index is 10.8. The van der Waals surface area contributed by atoms with Crippen LogP contribution >= 0.6 is 23.2 Å². The third-order valence-corrected chi connectivity index (χ3v) is 12.4. The first-order valence-corrected chi connectivity index (χ1v) is 23.4. The number of halogens is 2. The Labute approximate surface area is 409 Å². The van der Waals surface area contributed by atoms with Crippen molar-refractivity contribution >= 4 is 46.0 Å². The summed E-state index contributed by atoms with van der Waals surface area (Å²) in [5.74, 6) is 1.31. The molecule has 6 aromatic rings. The van der Waals surface area contributed by atoms with Gasteiger partial charge in [-0.25, -0.2) is 9.69 Å². The number of benzene rings is 6. The summed E-state index contributed by atoms with van der Waals surface area (Å²) in [4.78, 5) is 13.6. The van der Waals surface area contributed by atoms with Crippen molar-refractivity contribution < 1.29 is 29.5 Å². The fraction of sp³-hybridized carbons (Fsp3) is 0.296. The van der Waals surface area contributed by atoms with Gasteiger partial charge in [-0.3, -0.25) is 4.90 Å². The van der Waals surface area contributed by atoms with Gasteiger partial charge in [0, 0.05) is 57.9 Å². The predicted molar refractivity (Wildman–Crippen MR) is 269 cm³/mol. The molecule has 0 aromatic heterocycles. The van der Waals surface area contributed by atoms with E-state index in [1.54, 1.807) is 18.2 Å². The van der Waals surface area contributed by atoms with E-state index >= 15 is 0 Å². The summed E-state index contributed by atoms with van der Waals surface area (Å²) in [5.41, 5.74) is 7.65. The summed E-state index contributed by atoms with van der Waals surface area (Å²) in [6.07, 6.45) is -0.330. The zero-order valence-corrected chi connectivity index (χ0v) is 39.2. The molecule has 0 bridgehead atoms. The number of rotatable bonds is 14. The quantitative estimate of drug-likeness (QED) is 0.0620. The summed E-state index contributed by atoms with van der Waals surface area (Å²) < 4.78 is 16.0. The molecule has 68 heavy (non-hydrogen) atoms. The number of hydrogen-bond acceptors (Lipinski definition) is 10. The molecule has 0 amide bonds. The molecule has 6 aromatic carbocycles. The molecular weight excluding hydrogens is 900 g/mol. The van der Waals surface area contributed by atoms with Gasteiger partial charge < -0.3 is 44.6 Å². The highest BCUT2D eigenvalue weighted by Gasteiger charge is 2.31. The second-order valence-electron chi connectivity index (χ2n) is 16.3. The van der Waals surface area contributed by atoms with Crippen LogP contribution in [0.4, 0.5) is 22.7 Å². The average molecular weight is 956 g/mol. The SMILES string of the molecule is OCCOc1ccc(N2CCNC[C@H]2c2ccccc2)c(Cl)c1.[C-]#[N+]c1ccc([C@H](O)CN2CCN(c3ccc(OCCO)cc3Cl)[C@H](c3ccccc3)C2)cc1.[C-]#[N+]c1ccc([C@H]2CO2)cc1. The molecule has 4 N–H and O–H groups in total. The van der Waals surface area contributed by atoms with E-state index in [2.05, 4.69) is 66.1 Å². The van der Waals surface area contributed by atoms with E-state index in [0.717, 1.165) is 62.8 Å². The van der Waals surface area contributed by atoms with Crippen molar-refractivity contribution in [3.63, 3.8) is 0 Å². The second kappa shape index (κ2) is 25.3. The number of hydrogen-bond donors (Lipinski definition) is 4. The van der Waals surface area contributed by atoms with Crippen LogP contribution in [-0.2, 0) is 4.74 Å². The number of nitrogens with zero attached hydrogens (tertiary/aromatic N) is 5. The van der Waals surface area contributed by atoms with Crippen molar-refractivity contribution in [2.45, 2.75) is 24.3 Å².